The minimum Gasteiger partial charge on any atom is -0.463 e. The van der Waals surface area contributed by atoms with Crippen molar-refractivity contribution in [3.05, 3.63) is 24.8 Å². The predicted octanol–water partition coefficient (Wildman–Crippen LogP) is 2.46. The summed E-state index contributed by atoms with van der Waals surface area (Å²) in [5, 5.41) is 19.0. The molecule has 6 atom stereocenters. The van der Waals surface area contributed by atoms with Gasteiger partial charge >= 0.3 is 12.1 Å². The van der Waals surface area contributed by atoms with Crippen molar-refractivity contribution >= 4 is 29.8 Å². The van der Waals surface area contributed by atoms with E-state index in [0.29, 0.717) is 13.0 Å². The summed E-state index contributed by atoms with van der Waals surface area (Å²) in [7, 11) is 0. The number of alkyl carbamates (subject to hydrolysis) is 1. The van der Waals surface area contributed by atoms with Crippen molar-refractivity contribution in [2.75, 3.05) is 19.7 Å². The molecule has 1 aliphatic carbocycles. The molecule has 12 nitrogen and oxygen atoms in total. The van der Waals surface area contributed by atoms with Crippen LogP contribution in [0.15, 0.2) is 24.8 Å². The second-order valence-corrected chi connectivity index (χ2v) is 14.2. The molecule has 2 rings (SSSR count). The van der Waals surface area contributed by atoms with E-state index in [9.17, 15) is 29.1 Å². The lowest BCUT2D eigenvalue weighted by atomic mass is 9.85. The van der Waals surface area contributed by atoms with Crippen molar-refractivity contribution in [3.63, 3.8) is 0 Å². The number of nitrogens with zero attached hydrogens (tertiary/aromatic N) is 1. The fraction of sp³-hybridized carbons (Fsp3) is 0.719. The van der Waals surface area contributed by atoms with Gasteiger partial charge in [0.15, 0.2) is 6.10 Å². The number of nitrogens with one attached hydrogen (secondary N) is 3. The molecule has 2 aliphatic rings. The average molecular weight is 621 g/mol. The Kier molecular flexibility index (Phi) is 12.2. The van der Waals surface area contributed by atoms with Crippen LogP contribution in [0.5, 0.6) is 0 Å². The van der Waals surface area contributed by atoms with Gasteiger partial charge in [0.25, 0.3) is 5.91 Å². The number of carbonyl (C=O) groups excluding carboxylic acids is 5. The van der Waals surface area contributed by atoms with E-state index in [4.69, 9.17) is 9.47 Å². The van der Waals surface area contributed by atoms with Gasteiger partial charge < -0.3 is 35.4 Å². The molecule has 0 spiro atoms. The van der Waals surface area contributed by atoms with Gasteiger partial charge in [-0.25, -0.2) is 9.59 Å². The zero-order valence-corrected chi connectivity index (χ0v) is 27.7. The monoisotopic (exact) mass is 620 g/mol. The number of allylic oxidation sites excluding steroid dienone is 1. The third kappa shape index (κ3) is 9.54. The highest BCUT2D eigenvalue weighted by molar-refractivity contribution is 5.94. The molecule has 1 saturated heterocycles. The molecule has 1 aliphatic heterocycles. The Morgan fingerprint density at radius 3 is 2.27 bits per heavy atom. The molecule has 248 valence electrons. The maximum absolute atomic E-state index is 14.0. The largest absolute Gasteiger partial charge is 0.463 e. The van der Waals surface area contributed by atoms with Gasteiger partial charge in [0.2, 0.25) is 11.8 Å². The third-order valence-corrected chi connectivity index (χ3v) is 8.13. The summed E-state index contributed by atoms with van der Waals surface area (Å²) in [6, 6.07) is -2.80. The van der Waals surface area contributed by atoms with E-state index in [1.165, 1.54) is 17.1 Å². The lowest BCUT2D eigenvalue weighted by Gasteiger charge is -2.38. The maximum Gasteiger partial charge on any atom is 0.408 e. The van der Waals surface area contributed by atoms with E-state index in [2.05, 4.69) is 22.5 Å². The Hall–Kier alpha value is -3.41. The molecule has 3 unspecified atom stereocenters. The Bertz CT molecular complexity index is 1120. The number of aliphatic hydroxyl groups is 1. The second kappa shape index (κ2) is 14.6. The van der Waals surface area contributed by atoms with Gasteiger partial charge in [0.05, 0.1) is 12.6 Å². The third-order valence-electron chi connectivity index (χ3n) is 8.13. The number of rotatable bonds is 13. The number of hydrogen-bond donors (Lipinski definition) is 4. The Balaban J connectivity index is 2.24. The first-order chi connectivity index (χ1) is 20.3. The Labute approximate surface area is 261 Å². The van der Waals surface area contributed by atoms with Gasteiger partial charge in [0, 0.05) is 19.2 Å². The van der Waals surface area contributed by atoms with Crippen LogP contribution in [0, 0.1) is 22.7 Å². The van der Waals surface area contributed by atoms with Crippen molar-refractivity contribution in [2.45, 2.75) is 105 Å². The number of likely N-dealkylation sites (tertiary alicyclic amines) is 1. The van der Waals surface area contributed by atoms with Crippen LogP contribution in [-0.2, 0) is 28.7 Å². The average Bonchev–Trinajstić information content (AvgIpc) is 3.21. The van der Waals surface area contributed by atoms with Gasteiger partial charge in [-0.2, -0.15) is 0 Å². The number of esters is 1. The highest BCUT2D eigenvalue weighted by atomic mass is 16.6. The van der Waals surface area contributed by atoms with Crippen LogP contribution in [0.2, 0.25) is 0 Å². The van der Waals surface area contributed by atoms with Crippen LogP contribution < -0.4 is 16.0 Å². The number of fused-ring (bicyclic) bond motifs is 1. The zero-order chi connectivity index (χ0) is 33.6. The molecule has 0 radical (unpaired) electrons. The molecule has 12 heteroatoms. The maximum atomic E-state index is 14.0. The zero-order valence-electron chi connectivity index (χ0n) is 27.7. The highest BCUT2D eigenvalue weighted by Crippen LogP contribution is 2.65. The fourth-order valence-corrected chi connectivity index (χ4v) is 5.72. The summed E-state index contributed by atoms with van der Waals surface area (Å²) in [5.41, 5.74) is -1.64. The predicted molar refractivity (Wildman–Crippen MR) is 165 cm³/mol. The number of piperidine rings is 1. The first-order valence-corrected chi connectivity index (χ1v) is 15.3. The lowest BCUT2D eigenvalue weighted by molar-refractivity contribution is -0.145. The van der Waals surface area contributed by atoms with Gasteiger partial charge in [-0.15, -0.1) is 6.58 Å². The minimum atomic E-state index is -1.60. The van der Waals surface area contributed by atoms with E-state index in [-0.39, 0.29) is 36.8 Å². The first-order valence-electron chi connectivity index (χ1n) is 15.3. The number of aliphatic hydroxyl groups excluding tert-OH is 1. The minimum absolute atomic E-state index is 0.0292. The van der Waals surface area contributed by atoms with E-state index >= 15 is 0 Å². The normalized spacial score (nSPS) is 22.7. The number of hydrogen-bond acceptors (Lipinski definition) is 8. The SMILES string of the molecule is C=CCCC(NC(=O)[C@@H]1[C@@H]2[C@H](CN1C(=O)C(NC(=O)OC(C)(C)C)C(C)(C)C)C2(C)C)C(O)C(=O)NC/C=C/C(=O)OCC. The molecule has 0 aromatic rings. The number of amides is 4. The molecular formula is C32H52N4O8. The molecule has 4 N–H and O–H groups in total. The highest BCUT2D eigenvalue weighted by Gasteiger charge is 2.70. The molecular weight excluding hydrogens is 568 g/mol. The topological polar surface area (TPSA) is 163 Å². The summed E-state index contributed by atoms with van der Waals surface area (Å²) < 4.78 is 10.2. The van der Waals surface area contributed by atoms with Crippen molar-refractivity contribution in [1.82, 2.24) is 20.9 Å². The van der Waals surface area contributed by atoms with Crippen LogP contribution in [0.4, 0.5) is 4.79 Å². The summed E-state index contributed by atoms with van der Waals surface area (Å²) in [4.78, 5) is 66.4. The van der Waals surface area contributed by atoms with Gasteiger partial charge in [0.1, 0.15) is 17.7 Å². The summed E-state index contributed by atoms with van der Waals surface area (Å²) in [6.07, 6.45) is 2.50. The number of carbonyl (C=O) groups is 5. The standard InChI is InChI=1S/C32H52N4O8/c1-11-13-15-20(24(38)27(40)33-17-14-16-21(37)43-12-2)34-26(39)23-22-19(32(22,9)10)18-36(23)28(41)25(30(3,4)5)35-29(42)44-31(6,7)8/h11,14,16,19-20,22-25,38H,1,12-13,15,17-18H2,2-10H3,(H,33,40)(H,34,39)(H,35,42)/b16-14+/t19-,20?,22-,23-,24?,25?/m0/s1. The van der Waals surface area contributed by atoms with Crippen LogP contribution >= 0.6 is 0 Å². The van der Waals surface area contributed by atoms with Crippen LogP contribution in [0.1, 0.15) is 75.2 Å². The van der Waals surface area contributed by atoms with Gasteiger partial charge in [-0.3, -0.25) is 14.4 Å². The van der Waals surface area contributed by atoms with Crippen molar-refractivity contribution in [3.8, 4) is 0 Å². The molecule has 4 amide bonds. The molecule has 0 aromatic heterocycles. The smallest absolute Gasteiger partial charge is 0.408 e. The Morgan fingerprint density at radius 2 is 1.73 bits per heavy atom. The molecule has 2 fully saturated rings. The van der Waals surface area contributed by atoms with E-state index in [1.54, 1.807) is 33.8 Å². The van der Waals surface area contributed by atoms with E-state index in [0.717, 1.165) is 0 Å². The molecule has 1 heterocycles. The van der Waals surface area contributed by atoms with E-state index < -0.39 is 65.0 Å². The van der Waals surface area contributed by atoms with Crippen LogP contribution in [0.3, 0.4) is 0 Å². The van der Waals surface area contributed by atoms with Gasteiger partial charge in [-0.05, 0) is 63.2 Å². The lowest BCUT2D eigenvalue weighted by Crippen LogP contribution is -2.61. The summed E-state index contributed by atoms with van der Waals surface area (Å²) in [6.45, 7) is 20.7. The Morgan fingerprint density at radius 1 is 1.09 bits per heavy atom. The van der Waals surface area contributed by atoms with Crippen molar-refractivity contribution in [1.29, 1.82) is 0 Å². The van der Waals surface area contributed by atoms with Crippen molar-refractivity contribution < 1.29 is 38.6 Å². The summed E-state index contributed by atoms with van der Waals surface area (Å²) in [5.74, 6) is -2.22. The summed E-state index contributed by atoms with van der Waals surface area (Å²) >= 11 is 0. The molecule has 44 heavy (non-hydrogen) atoms. The molecule has 0 aromatic carbocycles. The molecule has 0 bridgehead atoms. The first kappa shape index (κ1) is 36.8. The van der Waals surface area contributed by atoms with Gasteiger partial charge in [-0.1, -0.05) is 46.8 Å². The number of ether oxygens (including phenoxy) is 2. The van der Waals surface area contributed by atoms with Crippen LogP contribution in [-0.4, -0.2) is 89.3 Å². The second-order valence-electron chi connectivity index (χ2n) is 14.2. The molecule has 1 saturated carbocycles. The fourth-order valence-electron chi connectivity index (χ4n) is 5.72. The van der Waals surface area contributed by atoms with Crippen LogP contribution in [0.25, 0.3) is 0 Å². The van der Waals surface area contributed by atoms with Crippen molar-refractivity contribution in [2.24, 2.45) is 22.7 Å². The quantitative estimate of drug-likeness (QED) is 0.139. The van der Waals surface area contributed by atoms with E-state index in [1.807, 2.05) is 34.6 Å².